The number of aliphatic imine (C=N–C) groups is 1. The minimum Gasteiger partial charge on any atom is -0.259 e. The lowest BCUT2D eigenvalue weighted by atomic mass is 10.1. The molecule has 1 N–H and O–H groups in total. The summed E-state index contributed by atoms with van der Waals surface area (Å²) < 4.78 is 0. The summed E-state index contributed by atoms with van der Waals surface area (Å²) >= 11 is 0. The highest BCUT2D eigenvalue weighted by atomic mass is 15.2. The first-order valence-corrected chi connectivity index (χ1v) is 7.39. The highest BCUT2D eigenvalue weighted by molar-refractivity contribution is 5.92. The Morgan fingerprint density at radius 3 is 2.39 bits per heavy atom. The van der Waals surface area contributed by atoms with E-state index in [0.29, 0.717) is 5.82 Å². The summed E-state index contributed by atoms with van der Waals surface area (Å²) in [6, 6.07) is 22.2. The molecule has 4 rings (SSSR count). The molecule has 0 unspecified atom stereocenters. The average molecular weight is 298 g/mol. The normalized spacial score (nSPS) is 11.3. The summed E-state index contributed by atoms with van der Waals surface area (Å²) in [5, 5.41) is 8.10. The summed E-state index contributed by atoms with van der Waals surface area (Å²) in [7, 11) is 0. The molecule has 2 aromatic heterocycles. The quantitative estimate of drug-likeness (QED) is 0.571. The van der Waals surface area contributed by atoms with E-state index in [1.807, 2.05) is 60.9 Å². The summed E-state index contributed by atoms with van der Waals surface area (Å²) in [5.74, 6) is 0.647. The molecule has 4 aromatic rings. The van der Waals surface area contributed by atoms with Crippen LogP contribution in [0.5, 0.6) is 0 Å². The van der Waals surface area contributed by atoms with Gasteiger partial charge in [-0.25, -0.2) is 9.98 Å². The van der Waals surface area contributed by atoms with E-state index in [1.54, 1.807) is 0 Å². The van der Waals surface area contributed by atoms with Crippen molar-refractivity contribution < 1.29 is 0 Å². The van der Waals surface area contributed by atoms with Crippen molar-refractivity contribution in [3.8, 4) is 11.1 Å². The van der Waals surface area contributed by atoms with Crippen LogP contribution in [0.1, 0.15) is 5.56 Å². The zero-order valence-corrected chi connectivity index (χ0v) is 12.3. The van der Waals surface area contributed by atoms with Gasteiger partial charge >= 0.3 is 0 Å². The Bertz CT molecular complexity index is 957. The van der Waals surface area contributed by atoms with Crippen LogP contribution in [0.2, 0.25) is 0 Å². The minimum atomic E-state index is 0.647. The Morgan fingerprint density at radius 1 is 0.870 bits per heavy atom. The molecule has 0 amide bonds. The van der Waals surface area contributed by atoms with E-state index in [2.05, 4.69) is 38.4 Å². The van der Waals surface area contributed by atoms with E-state index in [1.165, 1.54) is 0 Å². The lowest BCUT2D eigenvalue weighted by molar-refractivity contribution is 1.09. The number of aromatic nitrogens is 3. The van der Waals surface area contributed by atoms with Crippen molar-refractivity contribution in [2.24, 2.45) is 4.99 Å². The number of nitrogens with zero attached hydrogens (tertiary/aromatic N) is 3. The molecule has 23 heavy (non-hydrogen) atoms. The Kier molecular flexibility index (Phi) is 3.41. The third kappa shape index (κ3) is 2.74. The maximum atomic E-state index is 4.49. The van der Waals surface area contributed by atoms with Crippen LogP contribution in [0.4, 0.5) is 5.82 Å². The predicted octanol–water partition coefficient (Wildman–Crippen LogP) is 4.38. The van der Waals surface area contributed by atoms with Crippen molar-refractivity contribution in [1.29, 1.82) is 0 Å². The van der Waals surface area contributed by atoms with Crippen molar-refractivity contribution in [3.05, 3.63) is 78.5 Å². The van der Waals surface area contributed by atoms with Gasteiger partial charge in [-0.05, 0) is 17.2 Å². The van der Waals surface area contributed by atoms with Crippen molar-refractivity contribution in [1.82, 2.24) is 15.2 Å². The van der Waals surface area contributed by atoms with E-state index in [-0.39, 0.29) is 0 Å². The zero-order chi connectivity index (χ0) is 15.5. The minimum absolute atomic E-state index is 0.647. The highest BCUT2D eigenvalue weighted by Gasteiger charge is 2.07. The van der Waals surface area contributed by atoms with Crippen molar-refractivity contribution >= 4 is 23.1 Å². The second-order valence-electron chi connectivity index (χ2n) is 5.20. The van der Waals surface area contributed by atoms with Crippen molar-refractivity contribution in [2.75, 3.05) is 0 Å². The van der Waals surface area contributed by atoms with Gasteiger partial charge in [0.2, 0.25) is 0 Å². The molecular formula is C19H14N4. The van der Waals surface area contributed by atoms with Crippen molar-refractivity contribution in [3.63, 3.8) is 0 Å². The fourth-order valence-corrected chi connectivity index (χ4v) is 2.45. The van der Waals surface area contributed by atoms with Gasteiger partial charge in [-0.15, -0.1) is 0 Å². The van der Waals surface area contributed by atoms with Crippen LogP contribution < -0.4 is 0 Å². The van der Waals surface area contributed by atoms with Gasteiger partial charge in [-0.2, -0.15) is 5.10 Å². The Hall–Kier alpha value is -3.27. The van der Waals surface area contributed by atoms with Gasteiger partial charge < -0.3 is 0 Å². The van der Waals surface area contributed by atoms with Crippen molar-refractivity contribution in [2.45, 2.75) is 0 Å². The van der Waals surface area contributed by atoms with E-state index in [0.717, 1.165) is 27.7 Å². The predicted molar refractivity (Wildman–Crippen MR) is 93.0 cm³/mol. The number of benzene rings is 2. The van der Waals surface area contributed by atoms with Gasteiger partial charge in [-0.3, -0.25) is 5.10 Å². The highest BCUT2D eigenvalue weighted by Crippen LogP contribution is 2.27. The topological polar surface area (TPSA) is 53.9 Å². The maximum Gasteiger partial charge on any atom is 0.183 e. The first-order chi connectivity index (χ1) is 11.4. The molecule has 4 nitrogen and oxygen atoms in total. The first kappa shape index (κ1) is 13.4. The van der Waals surface area contributed by atoms with E-state index in [9.17, 15) is 0 Å². The second-order valence-corrected chi connectivity index (χ2v) is 5.20. The molecule has 0 fully saturated rings. The van der Waals surface area contributed by atoms with E-state index >= 15 is 0 Å². The Morgan fingerprint density at radius 2 is 1.61 bits per heavy atom. The van der Waals surface area contributed by atoms with Crippen LogP contribution in [0, 0.1) is 0 Å². The number of nitrogens with one attached hydrogen (secondary N) is 1. The lowest BCUT2D eigenvalue weighted by Crippen LogP contribution is -1.81. The third-order valence-corrected chi connectivity index (χ3v) is 3.64. The van der Waals surface area contributed by atoms with E-state index < -0.39 is 0 Å². The van der Waals surface area contributed by atoms with Crippen LogP contribution in [0.3, 0.4) is 0 Å². The number of rotatable bonds is 3. The molecule has 2 heterocycles. The second kappa shape index (κ2) is 5.85. The molecule has 0 aliphatic carbocycles. The number of fused-ring (bicyclic) bond motifs is 1. The molecule has 0 aliphatic heterocycles. The van der Waals surface area contributed by atoms with Gasteiger partial charge in [0.25, 0.3) is 0 Å². The molecule has 0 saturated heterocycles. The van der Waals surface area contributed by atoms with Crippen LogP contribution in [0.25, 0.3) is 22.2 Å². The molecule has 110 valence electrons. The van der Waals surface area contributed by atoms with Crippen LogP contribution >= 0.6 is 0 Å². The molecule has 4 heteroatoms. The number of aromatic amines is 1. The molecule has 2 aromatic carbocycles. The smallest absolute Gasteiger partial charge is 0.183 e. The summed E-state index contributed by atoms with van der Waals surface area (Å²) in [4.78, 5) is 8.93. The molecule has 0 spiro atoms. The van der Waals surface area contributed by atoms with Gasteiger partial charge in [0, 0.05) is 18.0 Å². The van der Waals surface area contributed by atoms with Gasteiger partial charge in [0.15, 0.2) is 11.5 Å². The van der Waals surface area contributed by atoms with Gasteiger partial charge in [0.1, 0.15) is 0 Å². The number of hydrogen-bond donors (Lipinski definition) is 1. The molecule has 0 radical (unpaired) electrons. The average Bonchev–Trinajstić information content (AvgIpc) is 3.04. The molecule has 0 bridgehead atoms. The molecule has 0 aliphatic rings. The summed E-state index contributed by atoms with van der Waals surface area (Å²) in [5.41, 5.74) is 3.96. The standard InChI is InChI=1S/C19H14N4/c1-3-7-14(8-4-1)12-20-18-17-11-16(13-21-19(17)23-22-18)15-9-5-2-6-10-15/h1-13H,(H,21,22,23)/b20-12+. The van der Waals surface area contributed by atoms with Crippen LogP contribution in [0.15, 0.2) is 77.9 Å². The largest absolute Gasteiger partial charge is 0.259 e. The molecular weight excluding hydrogens is 284 g/mol. The zero-order valence-electron chi connectivity index (χ0n) is 12.3. The number of hydrogen-bond acceptors (Lipinski definition) is 3. The summed E-state index contributed by atoms with van der Waals surface area (Å²) in [6.45, 7) is 0. The molecule has 0 saturated carbocycles. The SMILES string of the molecule is C(=N\c1n[nH]c2ncc(-c3ccccc3)cc12)/c1ccccc1. The van der Waals surface area contributed by atoms with E-state index in [4.69, 9.17) is 0 Å². The number of pyridine rings is 1. The first-order valence-electron chi connectivity index (χ1n) is 7.39. The lowest BCUT2D eigenvalue weighted by Gasteiger charge is -2.00. The Labute approximate surface area is 133 Å². The van der Waals surface area contributed by atoms with Gasteiger partial charge in [0.05, 0.1) is 5.39 Å². The third-order valence-electron chi connectivity index (χ3n) is 3.64. The van der Waals surface area contributed by atoms with Crippen LogP contribution in [-0.2, 0) is 0 Å². The number of H-pyrrole nitrogens is 1. The monoisotopic (exact) mass is 298 g/mol. The fraction of sp³-hybridized carbons (Fsp3) is 0. The van der Waals surface area contributed by atoms with Gasteiger partial charge in [-0.1, -0.05) is 60.7 Å². The Balaban J connectivity index is 1.75. The fourth-order valence-electron chi connectivity index (χ4n) is 2.45. The molecule has 0 atom stereocenters. The maximum absolute atomic E-state index is 4.49. The summed E-state index contributed by atoms with van der Waals surface area (Å²) in [6.07, 6.45) is 3.66. The van der Waals surface area contributed by atoms with Crippen LogP contribution in [-0.4, -0.2) is 21.4 Å².